The Hall–Kier alpha value is -5.39. The number of nitrogens with zero attached hydrogens (tertiary/aromatic N) is 7. The average Bonchev–Trinajstić information content (AvgIpc) is 3.69. The molecule has 1 fully saturated rings. The van der Waals surface area contributed by atoms with Gasteiger partial charge in [0.25, 0.3) is 0 Å². The third kappa shape index (κ3) is 7.44. The molecule has 1 amide bonds. The first kappa shape index (κ1) is 40.4. The van der Waals surface area contributed by atoms with Gasteiger partial charge < -0.3 is 15.1 Å². The molecule has 4 heterocycles. The summed E-state index contributed by atoms with van der Waals surface area (Å²) in [5.41, 5.74) is -2.23. The Balaban J connectivity index is 1.27. The molecule has 59 heavy (non-hydrogen) atoms. The van der Waals surface area contributed by atoms with E-state index >= 15 is 8.78 Å². The number of alkyl halides is 5. The second kappa shape index (κ2) is 14.4. The number of hydrogen-bond donors (Lipinski definition) is 2. The molecule has 0 radical (unpaired) electrons. The van der Waals surface area contributed by atoms with Crippen molar-refractivity contribution in [3.05, 3.63) is 87.3 Å². The Labute approximate surface area is 337 Å². The van der Waals surface area contributed by atoms with E-state index in [2.05, 4.69) is 37.0 Å². The van der Waals surface area contributed by atoms with Crippen LogP contribution in [0.4, 0.5) is 42.4 Å². The Morgan fingerprint density at radius 3 is 2.31 bits per heavy atom. The Kier molecular flexibility index (Phi) is 9.87. The smallest absolute Gasteiger partial charge is 0.354 e. The number of aryl methyl sites for hydroxylation is 1. The molecule has 3 atom stereocenters. The predicted octanol–water partition coefficient (Wildman–Crippen LogP) is 5.83. The van der Waals surface area contributed by atoms with Crippen LogP contribution in [0.25, 0.3) is 22.0 Å². The molecule has 3 aromatic heterocycles. The number of piperazine rings is 1. The van der Waals surface area contributed by atoms with Gasteiger partial charge in [-0.15, -0.1) is 0 Å². The summed E-state index contributed by atoms with van der Waals surface area (Å²) >= 11 is 6.62. The van der Waals surface area contributed by atoms with Crippen molar-refractivity contribution in [2.75, 3.05) is 49.1 Å². The summed E-state index contributed by atoms with van der Waals surface area (Å²) in [7, 11) is -0.336. The molecule has 2 aromatic carbocycles. The van der Waals surface area contributed by atoms with Crippen molar-refractivity contribution in [3.63, 3.8) is 0 Å². The van der Waals surface area contributed by atoms with Gasteiger partial charge in [0.05, 0.1) is 39.8 Å². The number of carbonyl (C=O) groups excluding carboxylic acids is 1. The highest BCUT2D eigenvalue weighted by molar-refractivity contribution is 7.92. The van der Waals surface area contributed by atoms with Crippen molar-refractivity contribution in [3.8, 4) is 23.0 Å². The minimum Gasteiger partial charge on any atom is -0.354 e. The molecule has 3 aliphatic rings. The van der Waals surface area contributed by atoms with Gasteiger partial charge in [-0.05, 0) is 49.4 Å². The minimum atomic E-state index is -5.13. The van der Waals surface area contributed by atoms with E-state index in [9.17, 15) is 35.2 Å². The standard InChI is InChI=1S/C38H33ClF7N9O3S/c1-52-10-12-54(13-11-52)28-9-6-22(23-5-8-26(39)31-33(23)53(2)50-36(31)51-59(3,57)58)32(48-28)27(16-19-14-20(40)17-21(41)15-19)47-29(56)18-55-35-30(34(49-55)38(44,45)46)24-4-7-25(24)37(35,42)43/h5-6,8-9,14-15,17,24-25,27H,10-13,16,18H2,1-3H3,(H,47,56)(H,50,51)/t24-,25+,27-/m0/s1. The molecule has 21 heteroatoms. The summed E-state index contributed by atoms with van der Waals surface area (Å²) in [6.45, 7) is 1.36. The number of pyridine rings is 1. The van der Waals surface area contributed by atoms with Crippen LogP contribution in [0.15, 0.2) is 42.5 Å². The first-order chi connectivity index (χ1) is 27.7. The van der Waals surface area contributed by atoms with E-state index < -0.39 is 81.0 Å². The Morgan fingerprint density at radius 2 is 1.68 bits per heavy atom. The van der Waals surface area contributed by atoms with Crippen LogP contribution in [0.5, 0.6) is 0 Å². The molecule has 1 aliphatic heterocycles. The largest absolute Gasteiger partial charge is 0.435 e. The number of nitrogens with one attached hydrogen (secondary N) is 2. The molecular weight excluding hydrogens is 831 g/mol. The lowest BCUT2D eigenvalue weighted by molar-refractivity contribution is -0.142. The van der Waals surface area contributed by atoms with Gasteiger partial charge in [-0.3, -0.25) is 18.9 Å². The summed E-state index contributed by atoms with van der Waals surface area (Å²) in [4.78, 5) is 23.2. The van der Waals surface area contributed by atoms with Crippen molar-refractivity contribution < 1.29 is 43.9 Å². The molecule has 310 valence electrons. The molecule has 0 spiro atoms. The maximum absolute atomic E-state index is 15.6. The van der Waals surface area contributed by atoms with E-state index in [4.69, 9.17) is 16.6 Å². The van der Waals surface area contributed by atoms with Crippen molar-refractivity contribution in [1.82, 2.24) is 34.8 Å². The number of carbonyl (C=O) groups is 1. The fourth-order valence-corrected chi connectivity index (χ4v) is 8.69. The van der Waals surface area contributed by atoms with E-state index in [0.717, 1.165) is 18.4 Å². The molecule has 5 aromatic rings. The van der Waals surface area contributed by atoms with Gasteiger partial charge in [-0.2, -0.15) is 32.1 Å². The SMILES string of the molecule is CN1CCN(c2ccc(-c3ccc(Cl)c4c(NS(C)(=O)=O)nn(C)c34)c([C@H](Cc3cc(F)cc(F)c3)NC(=O)Cn3nc(C(F)(F)F)c4c3C(F)(F)[C@@H]3C#C[C@H]43)n2)CC1. The summed E-state index contributed by atoms with van der Waals surface area (Å²) in [5.74, 6) is -4.93. The number of sulfonamides is 1. The molecule has 0 unspecified atom stereocenters. The molecule has 2 N–H and O–H groups in total. The highest BCUT2D eigenvalue weighted by atomic mass is 35.5. The average molecular weight is 864 g/mol. The number of rotatable bonds is 10. The summed E-state index contributed by atoms with van der Waals surface area (Å²) in [5, 5.41) is 10.9. The van der Waals surface area contributed by atoms with Gasteiger partial charge in [0.1, 0.15) is 35.6 Å². The maximum Gasteiger partial charge on any atom is 0.435 e. The number of anilines is 2. The quantitative estimate of drug-likeness (QED) is 0.133. The second-order valence-corrected chi connectivity index (χ2v) is 16.9. The van der Waals surface area contributed by atoms with Crippen LogP contribution >= 0.6 is 11.6 Å². The van der Waals surface area contributed by atoms with Crippen LogP contribution in [0, 0.1) is 29.4 Å². The minimum absolute atomic E-state index is 0.0478. The van der Waals surface area contributed by atoms with Gasteiger partial charge in [0.2, 0.25) is 15.9 Å². The fraction of sp³-hybridized carbons (Fsp3) is 0.368. The van der Waals surface area contributed by atoms with Crippen LogP contribution in [-0.2, 0) is 46.9 Å². The van der Waals surface area contributed by atoms with Crippen LogP contribution in [0.1, 0.15) is 40.2 Å². The lowest BCUT2D eigenvalue weighted by Crippen LogP contribution is -2.45. The predicted molar refractivity (Wildman–Crippen MR) is 203 cm³/mol. The van der Waals surface area contributed by atoms with Crippen LogP contribution in [0.2, 0.25) is 5.02 Å². The highest BCUT2D eigenvalue weighted by Crippen LogP contribution is 2.58. The summed E-state index contributed by atoms with van der Waals surface area (Å²) < 4.78 is 132. The number of halogens is 8. The van der Waals surface area contributed by atoms with E-state index in [1.165, 1.54) is 10.7 Å². The molecule has 1 saturated heterocycles. The Morgan fingerprint density at radius 1 is 1.00 bits per heavy atom. The van der Waals surface area contributed by atoms with E-state index in [1.54, 1.807) is 25.2 Å². The van der Waals surface area contributed by atoms with E-state index in [0.29, 0.717) is 59.4 Å². The normalized spacial score (nSPS) is 19.1. The van der Waals surface area contributed by atoms with Crippen molar-refractivity contribution in [2.45, 2.75) is 37.0 Å². The van der Waals surface area contributed by atoms with Crippen molar-refractivity contribution in [2.24, 2.45) is 13.0 Å². The van der Waals surface area contributed by atoms with Gasteiger partial charge in [-0.1, -0.05) is 29.5 Å². The van der Waals surface area contributed by atoms with Gasteiger partial charge in [0.15, 0.2) is 11.5 Å². The van der Waals surface area contributed by atoms with Crippen LogP contribution in [-0.4, -0.2) is 83.3 Å². The fourth-order valence-electron chi connectivity index (χ4n) is 7.95. The number of amides is 1. The first-order valence-electron chi connectivity index (χ1n) is 18.1. The maximum atomic E-state index is 15.6. The first-order valence-corrected chi connectivity index (χ1v) is 20.4. The molecular formula is C38H33ClF7N9O3S. The highest BCUT2D eigenvalue weighted by Gasteiger charge is 2.62. The van der Waals surface area contributed by atoms with Gasteiger partial charge >= 0.3 is 12.1 Å². The van der Waals surface area contributed by atoms with Crippen LogP contribution in [0.3, 0.4) is 0 Å². The monoisotopic (exact) mass is 863 g/mol. The molecule has 0 bridgehead atoms. The number of hydrogen-bond acceptors (Lipinski definition) is 8. The summed E-state index contributed by atoms with van der Waals surface area (Å²) in [6, 6.07) is 7.91. The third-order valence-corrected chi connectivity index (χ3v) is 11.4. The summed E-state index contributed by atoms with van der Waals surface area (Å²) in [6.07, 6.45) is -4.53. The number of aromatic nitrogens is 5. The zero-order chi connectivity index (χ0) is 42.3. The molecule has 0 saturated carbocycles. The third-order valence-electron chi connectivity index (χ3n) is 10.6. The van der Waals surface area contributed by atoms with Crippen molar-refractivity contribution >= 4 is 50.1 Å². The van der Waals surface area contributed by atoms with Gasteiger partial charge in [0, 0.05) is 56.0 Å². The van der Waals surface area contributed by atoms with Crippen LogP contribution < -0.4 is 14.9 Å². The lowest BCUT2D eigenvalue weighted by atomic mass is 9.84. The van der Waals surface area contributed by atoms with E-state index in [-0.39, 0.29) is 33.9 Å². The molecule has 8 rings (SSSR count). The molecule has 12 nitrogen and oxygen atoms in total. The lowest BCUT2D eigenvalue weighted by Gasteiger charge is -2.34. The van der Waals surface area contributed by atoms with E-state index in [1.807, 2.05) is 11.9 Å². The Bertz CT molecular complexity index is 2700. The molecule has 2 aliphatic carbocycles. The second-order valence-electron chi connectivity index (χ2n) is 14.8. The topological polar surface area (TPSA) is 130 Å². The number of fused-ring (bicyclic) bond motifs is 4. The van der Waals surface area contributed by atoms with Gasteiger partial charge in [-0.25, -0.2) is 22.2 Å². The zero-order valence-electron chi connectivity index (χ0n) is 31.3. The number of likely N-dealkylation sites (N-methyl/N-ethyl adjacent to an activating group) is 1. The zero-order valence-corrected chi connectivity index (χ0v) is 32.9. The van der Waals surface area contributed by atoms with Crippen molar-refractivity contribution in [1.29, 1.82) is 0 Å². The number of benzene rings is 2.